The van der Waals surface area contributed by atoms with Gasteiger partial charge in [0.05, 0.1) is 15.5 Å². The molecule has 0 saturated heterocycles. The van der Waals surface area contributed by atoms with E-state index in [1.807, 2.05) is 19.9 Å². The molecule has 0 atom stereocenters. The molecular weight excluding hydrogens is 326 g/mol. The van der Waals surface area contributed by atoms with E-state index in [1.165, 1.54) is 0 Å². The van der Waals surface area contributed by atoms with E-state index in [-0.39, 0.29) is 0 Å². The fourth-order valence-electron chi connectivity index (χ4n) is 1.23. The number of hydrogen-bond donors (Lipinski definition) is 0. The Morgan fingerprint density at radius 1 is 1.33 bits per heavy atom. The first-order valence-electron chi connectivity index (χ1n) is 4.33. The van der Waals surface area contributed by atoms with Crippen LogP contribution in [0.4, 0.5) is 0 Å². The molecule has 5 heteroatoms. The van der Waals surface area contributed by atoms with Crippen LogP contribution in [0.3, 0.4) is 0 Å². The van der Waals surface area contributed by atoms with E-state index in [2.05, 4.69) is 32.6 Å². The monoisotopic (exact) mass is 334 g/mol. The largest absolute Gasteiger partial charge is 0.461 e. The molecule has 2 rings (SSSR count). The molecule has 0 unspecified atom stereocenters. The summed E-state index contributed by atoms with van der Waals surface area (Å²) in [4.78, 5) is 8.53. The molecule has 15 heavy (non-hydrogen) atoms. The van der Waals surface area contributed by atoms with Gasteiger partial charge < -0.3 is 4.42 Å². The molecule has 0 aromatic carbocycles. The molecule has 0 aliphatic heterocycles. The zero-order valence-corrected chi connectivity index (χ0v) is 11.1. The number of nitrogens with zero attached hydrogens (tertiary/aromatic N) is 2. The standard InChI is InChI=1S/C10H8ClIN2O/c1-5-3-4-15-8(5)10-13-6(2)7(12)9(11)14-10/h3-4H,1-2H3. The summed E-state index contributed by atoms with van der Waals surface area (Å²) in [5, 5.41) is 0.467. The SMILES string of the molecule is Cc1ccoc1-c1nc(C)c(I)c(Cl)n1. The highest BCUT2D eigenvalue weighted by Crippen LogP contribution is 2.25. The van der Waals surface area contributed by atoms with Gasteiger partial charge in [-0.25, -0.2) is 9.97 Å². The lowest BCUT2D eigenvalue weighted by molar-refractivity contribution is 0.575. The van der Waals surface area contributed by atoms with E-state index >= 15 is 0 Å². The van der Waals surface area contributed by atoms with Crippen LogP contribution in [0.15, 0.2) is 16.7 Å². The Morgan fingerprint density at radius 3 is 2.60 bits per heavy atom. The summed E-state index contributed by atoms with van der Waals surface area (Å²) in [6, 6.07) is 1.87. The lowest BCUT2D eigenvalue weighted by atomic mass is 10.2. The van der Waals surface area contributed by atoms with Crippen molar-refractivity contribution in [3.8, 4) is 11.6 Å². The van der Waals surface area contributed by atoms with Gasteiger partial charge in [0.15, 0.2) is 11.6 Å². The third-order valence-electron chi connectivity index (χ3n) is 2.04. The number of halogens is 2. The first kappa shape index (κ1) is 10.9. The maximum atomic E-state index is 5.99. The highest BCUT2D eigenvalue weighted by molar-refractivity contribution is 14.1. The van der Waals surface area contributed by atoms with Crippen molar-refractivity contribution in [2.45, 2.75) is 13.8 Å². The van der Waals surface area contributed by atoms with Gasteiger partial charge in [0.25, 0.3) is 0 Å². The molecule has 0 aliphatic carbocycles. The van der Waals surface area contributed by atoms with Crippen LogP contribution in [0, 0.1) is 17.4 Å². The lowest BCUT2D eigenvalue weighted by Gasteiger charge is -2.03. The van der Waals surface area contributed by atoms with Crippen LogP contribution in [-0.4, -0.2) is 9.97 Å². The van der Waals surface area contributed by atoms with Crippen molar-refractivity contribution in [2.75, 3.05) is 0 Å². The zero-order valence-electron chi connectivity index (χ0n) is 8.21. The van der Waals surface area contributed by atoms with Crippen LogP contribution in [0.25, 0.3) is 11.6 Å². The molecule has 2 aromatic heterocycles. The van der Waals surface area contributed by atoms with E-state index < -0.39 is 0 Å². The van der Waals surface area contributed by atoms with E-state index in [0.717, 1.165) is 14.8 Å². The number of hydrogen-bond acceptors (Lipinski definition) is 3. The molecule has 2 heterocycles. The molecule has 0 saturated carbocycles. The van der Waals surface area contributed by atoms with Gasteiger partial charge in [-0.05, 0) is 48.1 Å². The summed E-state index contributed by atoms with van der Waals surface area (Å²) < 4.78 is 6.19. The van der Waals surface area contributed by atoms with Crippen molar-refractivity contribution < 1.29 is 4.42 Å². The van der Waals surface area contributed by atoms with Gasteiger partial charge in [-0.2, -0.15) is 0 Å². The van der Waals surface area contributed by atoms with Crippen LogP contribution in [0.2, 0.25) is 5.15 Å². The summed E-state index contributed by atoms with van der Waals surface area (Å²) in [6.45, 7) is 3.85. The van der Waals surface area contributed by atoms with Gasteiger partial charge in [0.1, 0.15) is 5.15 Å². The number of furan rings is 1. The lowest BCUT2D eigenvalue weighted by Crippen LogP contribution is -1.96. The third-order valence-corrected chi connectivity index (χ3v) is 3.93. The third kappa shape index (κ3) is 2.01. The van der Waals surface area contributed by atoms with E-state index in [0.29, 0.717) is 16.7 Å². The second kappa shape index (κ2) is 4.09. The van der Waals surface area contributed by atoms with Crippen molar-refractivity contribution in [2.24, 2.45) is 0 Å². The Balaban J connectivity index is 2.60. The Hall–Kier alpha value is -0.620. The number of aryl methyl sites for hydroxylation is 2. The summed E-state index contributed by atoms with van der Waals surface area (Å²) in [5.74, 6) is 1.22. The number of rotatable bonds is 1. The van der Waals surface area contributed by atoms with Gasteiger partial charge in [-0.15, -0.1) is 0 Å². The maximum Gasteiger partial charge on any atom is 0.197 e. The highest BCUT2D eigenvalue weighted by atomic mass is 127. The predicted octanol–water partition coefficient (Wildman–Crippen LogP) is 3.61. The van der Waals surface area contributed by atoms with Gasteiger partial charge in [0, 0.05) is 0 Å². The van der Waals surface area contributed by atoms with E-state index in [9.17, 15) is 0 Å². The molecule has 0 aliphatic rings. The Bertz CT molecular complexity index is 487. The fraction of sp³-hybridized carbons (Fsp3) is 0.200. The van der Waals surface area contributed by atoms with Crippen LogP contribution in [-0.2, 0) is 0 Å². The average Bonchev–Trinajstić information content (AvgIpc) is 2.60. The quantitative estimate of drug-likeness (QED) is 0.591. The molecule has 0 fully saturated rings. The van der Waals surface area contributed by atoms with Crippen molar-refractivity contribution in [3.05, 3.63) is 32.3 Å². The Labute approximate surface area is 106 Å². The molecule has 3 nitrogen and oxygen atoms in total. The van der Waals surface area contributed by atoms with Crippen LogP contribution in [0.5, 0.6) is 0 Å². The van der Waals surface area contributed by atoms with Crippen LogP contribution in [0.1, 0.15) is 11.3 Å². The van der Waals surface area contributed by atoms with Gasteiger partial charge in [0.2, 0.25) is 0 Å². The van der Waals surface area contributed by atoms with Crippen LogP contribution < -0.4 is 0 Å². The molecule has 0 radical (unpaired) electrons. The first-order valence-corrected chi connectivity index (χ1v) is 5.79. The van der Waals surface area contributed by atoms with E-state index in [4.69, 9.17) is 16.0 Å². The molecule has 78 valence electrons. The van der Waals surface area contributed by atoms with Gasteiger partial charge >= 0.3 is 0 Å². The maximum absolute atomic E-state index is 5.99. The first-order chi connectivity index (χ1) is 7.09. The van der Waals surface area contributed by atoms with Gasteiger partial charge in [-0.3, -0.25) is 0 Å². The van der Waals surface area contributed by atoms with Crippen molar-refractivity contribution >= 4 is 34.2 Å². The topological polar surface area (TPSA) is 38.9 Å². The molecule has 0 spiro atoms. The zero-order chi connectivity index (χ0) is 11.0. The molecular formula is C10H8ClIN2O. The average molecular weight is 335 g/mol. The Morgan fingerprint density at radius 2 is 2.07 bits per heavy atom. The molecule has 2 aromatic rings. The van der Waals surface area contributed by atoms with E-state index in [1.54, 1.807) is 6.26 Å². The van der Waals surface area contributed by atoms with Crippen LogP contribution >= 0.6 is 34.2 Å². The Kier molecular flexibility index (Phi) is 2.97. The second-order valence-electron chi connectivity index (χ2n) is 3.17. The minimum atomic E-state index is 0.467. The minimum absolute atomic E-state index is 0.467. The van der Waals surface area contributed by atoms with Gasteiger partial charge in [-0.1, -0.05) is 11.6 Å². The summed E-state index contributed by atoms with van der Waals surface area (Å²) >= 11 is 8.11. The normalized spacial score (nSPS) is 10.7. The number of aromatic nitrogens is 2. The molecule has 0 bridgehead atoms. The predicted molar refractivity (Wildman–Crippen MR) is 66.9 cm³/mol. The highest BCUT2D eigenvalue weighted by Gasteiger charge is 2.13. The molecule has 0 N–H and O–H groups in total. The molecule has 0 amide bonds. The fourth-order valence-corrected chi connectivity index (χ4v) is 1.69. The van der Waals surface area contributed by atoms with Crippen molar-refractivity contribution in [3.63, 3.8) is 0 Å². The minimum Gasteiger partial charge on any atom is -0.461 e. The van der Waals surface area contributed by atoms with Crippen molar-refractivity contribution in [1.82, 2.24) is 9.97 Å². The second-order valence-corrected chi connectivity index (χ2v) is 4.61. The smallest absolute Gasteiger partial charge is 0.197 e. The summed E-state index contributed by atoms with van der Waals surface area (Å²) in [7, 11) is 0. The summed E-state index contributed by atoms with van der Waals surface area (Å²) in [6.07, 6.45) is 1.62. The summed E-state index contributed by atoms with van der Waals surface area (Å²) in [5.41, 5.74) is 1.87. The van der Waals surface area contributed by atoms with Crippen molar-refractivity contribution in [1.29, 1.82) is 0 Å².